The second-order valence-electron chi connectivity index (χ2n) is 6.19. The largest absolute Gasteiger partial charge is 0.341 e. The molecule has 4 nitrogen and oxygen atoms in total. The Kier molecular flexibility index (Phi) is 3.78. The van der Waals surface area contributed by atoms with Crippen molar-refractivity contribution < 1.29 is 13.2 Å². The molecule has 0 unspecified atom stereocenters. The molecular weight excluding hydrogens is 286 g/mol. The van der Waals surface area contributed by atoms with Gasteiger partial charge in [0.05, 0.1) is 17.9 Å². The van der Waals surface area contributed by atoms with Crippen molar-refractivity contribution in [1.29, 1.82) is 0 Å². The third kappa shape index (κ3) is 3.12. The Bertz CT molecular complexity index is 666. The Morgan fingerprint density at radius 3 is 2.76 bits per heavy atom. The number of amides is 1. The van der Waals surface area contributed by atoms with Gasteiger partial charge in [-0.15, -0.1) is 0 Å². The van der Waals surface area contributed by atoms with Crippen LogP contribution in [0.5, 0.6) is 0 Å². The van der Waals surface area contributed by atoms with E-state index in [-0.39, 0.29) is 23.5 Å². The van der Waals surface area contributed by atoms with Gasteiger partial charge in [0.1, 0.15) is 0 Å². The van der Waals surface area contributed by atoms with Crippen LogP contribution in [-0.2, 0) is 33.9 Å². The summed E-state index contributed by atoms with van der Waals surface area (Å²) in [4.78, 5) is 14.0. The van der Waals surface area contributed by atoms with Crippen LogP contribution in [0.1, 0.15) is 29.5 Å². The third-order valence-corrected chi connectivity index (χ3v) is 6.42. The van der Waals surface area contributed by atoms with Crippen LogP contribution in [0.15, 0.2) is 18.2 Å². The topological polar surface area (TPSA) is 54.5 Å². The molecule has 0 bridgehead atoms. The van der Waals surface area contributed by atoms with Crippen LogP contribution < -0.4 is 0 Å². The minimum atomic E-state index is -2.95. The smallest absolute Gasteiger partial charge is 0.227 e. The maximum Gasteiger partial charge on any atom is 0.227 e. The van der Waals surface area contributed by atoms with Crippen molar-refractivity contribution in [2.45, 2.75) is 38.1 Å². The second kappa shape index (κ2) is 5.44. The molecule has 1 atom stereocenters. The summed E-state index contributed by atoms with van der Waals surface area (Å²) < 4.78 is 23.0. The van der Waals surface area contributed by atoms with Crippen molar-refractivity contribution in [3.05, 3.63) is 34.9 Å². The normalized spacial score (nSPS) is 23.0. The number of rotatable bonds is 3. The van der Waals surface area contributed by atoms with Crippen molar-refractivity contribution in [1.82, 2.24) is 4.90 Å². The first-order chi connectivity index (χ1) is 9.94. The molecule has 1 aliphatic carbocycles. The van der Waals surface area contributed by atoms with Gasteiger partial charge in [-0.2, -0.15) is 0 Å². The number of carbonyl (C=O) groups is 1. The van der Waals surface area contributed by atoms with Crippen LogP contribution in [0, 0.1) is 0 Å². The molecule has 1 fully saturated rings. The highest BCUT2D eigenvalue weighted by Gasteiger charge is 2.32. The van der Waals surface area contributed by atoms with Crippen LogP contribution in [0.2, 0.25) is 0 Å². The molecular formula is C16H21NO3S. The van der Waals surface area contributed by atoms with Crippen LogP contribution in [0.4, 0.5) is 0 Å². The summed E-state index contributed by atoms with van der Waals surface area (Å²) in [5, 5.41) is 0. The van der Waals surface area contributed by atoms with Crippen LogP contribution in [-0.4, -0.2) is 43.8 Å². The second-order valence-corrected chi connectivity index (χ2v) is 8.42. The standard InChI is InChI=1S/C16H21NO3S/c1-17(15-7-8-21(19,20)11-15)16(18)10-12-5-6-13-3-2-4-14(13)9-12/h5-6,9,15H,2-4,7-8,10-11H2,1H3/t15-/m0/s1. The fourth-order valence-electron chi connectivity index (χ4n) is 3.32. The lowest BCUT2D eigenvalue weighted by Crippen LogP contribution is -2.38. The number of carbonyl (C=O) groups excluding carboxylic acids is 1. The maximum atomic E-state index is 12.3. The number of nitrogens with zero attached hydrogens (tertiary/aromatic N) is 1. The molecule has 3 rings (SSSR count). The van der Waals surface area contributed by atoms with Crippen molar-refractivity contribution in [2.24, 2.45) is 0 Å². The lowest BCUT2D eigenvalue weighted by Gasteiger charge is -2.23. The molecule has 0 spiro atoms. The van der Waals surface area contributed by atoms with E-state index < -0.39 is 9.84 Å². The average Bonchev–Trinajstić information content (AvgIpc) is 3.03. The maximum absolute atomic E-state index is 12.3. The van der Waals surface area contributed by atoms with E-state index >= 15 is 0 Å². The third-order valence-electron chi connectivity index (χ3n) is 4.67. The number of sulfone groups is 1. The number of hydrogen-bond acceptors (Lipinski definition) is 3. The predicted molar refractivity (Wildman–Crippen MR) is 82.0 cm³/mol. The SMILES string of the molecule is CN(C(=O)Cc1ccc2c(c1)CCC2)[C@H]1CCS(=O)(=O)C1. The molecule has 1 heterocycles. The molecule has 1 aliphatic heterocycles. The summed E-state index contributed by atoms with van der Waals surface area (Å²) in [6.07, 6.45) is 4.37. The summed E-state index contributed by atoms with van der Waals surface area (Å²) in [6, 6.07) is 6.14. The van der Waals surface area contributed by atoms with Gasteiger partial charge < -0.3 is 4.90 Å². The van der Waals surface area contributed by atoms with Crippen molar-refractivity contribution in [3.8, 4) is 0 Å². The molecule has 0 N–H and O–H groups in total. The summed E-state index contributed by atoms with van der Waals surface area (Å²) in [6.45, 7) is 0. The predicted octanol–water partition coefficient (Wildman–Crippen LogP) is 1.36. The Hall–Kier alpha value is -1.36. The number of likely N-dealkylation sites (N-methyl/N-ethyl adjacent to an activating group) is 1. The van der Waals surface area contributed by atoms with E-state index in [1.807, 2.05) is 6.07 Å². The van der Waals surface area contributed by atoms with Crippen molar-refractivity contribution in [3.63, 3.8) is 0 Å². The van der Waals surface area contributed by atoms with E-state index in [9.17, 15) is 13.2 Å². The zero-order valence-corrected chi connectivity index (χ0v) is 13.2. The number of benzene rings is 1. The first-order valence-electron chi connectivity index (χ1n) is 7.51. The summed E-state index contributed by atoms with van der Waals surface area (Å²) in [5.41, 5.74) is 3.81. The van der Waals surface area contributed by atoms with Crippen LogP contribution in [0.25, 0.3) is 0 Å². The van der Waals surface area contributed by atoms with E-state index in [0.29, 0.717) is 12.8 Å². The minimum absolute atomic E-state index is 0.00930. The summed E-state index contributed by atoms with van der Waals surface area (Å²) in [5.74, 6) is 0.322. The van der Waals surface area contributed by atoms with E-state index in [1.165, 1.54) is 17.5 Å². The van der Waals surface area contributed by atoms with Gasteiger partial charge in [0.2, 0.25) is 5.91 Å². The molecule has 114 valence electrons. The van der Waals surface area contributed by atoms with Crippen molar-refractivity contribution >= 4 is 15.7 Å². The molecule has 0 saturated carbocycles. The molecule has 2 aliphatic rings. The fourth-order valence-corrected chi connectivity index (χ4v) is 5.09. The van der Waals surface area contributed by atoms with Crippen LogP contribution >= 0.6 is 0 Å². The van der Waals surface area contributed by atoms with Gasteiger partial charge in [-0.1, -0.05) is 18.2 Å². The zero-order chi connectivity index (χ0) is 15.0. The Labute approximate surface area is 126 Å². The highest BCUT2D eigenvalue weighted by atomic mass is 32.2. The van der Waals surface area contributed by atoms with Gasteiger partial charge in [-0.3, -0.25) is 4.79 Å². The van der Waals surface area contributed by atoms with Gasteiger partial charge in [-0.05, 0) is 42.4 Å². The van der Waals surface area contributed by atoms with E-state index in [4.69, 9.17) is 0 Å². The van der Waals surface area contributed by atoms with Gasteiger partial charge in [0.25, 0.3) is 0 Å². The van der Waals surface area contributed by atoms with E-state index in [1.54, 1.807) is 11.9 Å². The fraction of sp³-hybridized carbons (Fsp3) is 0.562. The van der Waals surface area contributed by atoms with Gasteiger partial charge in [-0.25, -0.2) is 8.42 Å². The molecule has 1 aromatic rings. The summed E-state index contributed by atoms with van der Waals surface area (Å²) >= 11 is 0. The van der Waals surface area contributed by atoms with E-state index in [2.05, 4.69) is 12.1 Å². The van der Waals surface area contributed by atoms with Crippen LogP contribution in [0.3, 0.4) is 0 Å². The molecule has 5 heteroatoms. The van der Waals surface area contributed by atoms with Gasteiger partial charge in [0.15, 0.2) is 9.84 Å². The lowest BCUT2D eigenvalue weighted by molar-refractivity contribution is -0.130. The number of hydrogen-bond donors (Lipinski definition) is 0. The Morgan fingerprint density at radius 1 is 1.29 bits per heavy atom. The Morgan fingerprint density at radius 2 is 2.05 bits per heavy atom. The molecule has 1 aromatic carbocycles. The zero-order valence-electron chi connectivity index (χ0n) is 12.3. The average molecular weight is 307 g/mol. The molecule has 0 aromatic heterocycles. The summed E-state index contributed by atoms with van der Waals surface area (Å²) in [7, 11) is -1.23. The minimum Gasteiger partial charge on any atom is -0.341 e. The van der Waals surface area contributed by atoms with E-state index in [0.717, 1.165) is 18.4 Å². The van der Waals surface area contributed by atoms with Gasteiger partial charge in [0, 0.05) is 13.1 Å². The quantitative estimate of drug-likeness (QED) is 0.847. The molecule has 1 saturated heterocycles. The Balaban J connectivity index is 1.66. The monoisotopic (exact) mass is 307 g/mol. The van der Waals surface area contributed by atoms with Gasteiger partial charge >= 0.3 is 0 Å². The lowest BCUT2D eigenvalue weighted by atomic mass is 10.0. The first-order valence-corrected chi connectivity index (χ1v) is 9.33. The molecule has 0 radical (unpaired) electrons. The number of aryl methyl sites for hydroxylation is 2. The molecule has 1 amide bonds. The molecule has 21 heavy (non-hydrogen) atoms. The number of fused-ring (bicyclic) bond motifs is 1. The van der Waals surface area contributed by atoms with Crippen molar-refractivity contribution in [2.75, 3.05) is 18.6 Å². The first kappa shape index (κ1) is 14.6. The highest BCUT2D eigenvalue weighted by molar-refractivity contribution is 7.91. The highest BCUT2D eigenvalue weighted by Crippen LogP contribution is 2.23.